The number of aliphatic carboxylic acids is 2. The maximum absolute atomic E-state index is 11.7. The molecule has 3 heterocycles. The number of piperazine rings is 1. The zero-order valence-corrected chi connectivity index (χ0v) is 13.7. The Bertz CT molecular complexity index is 684. The summed E-state index contributed by atoms with van der Waals surface area (Å²) in [5, 5.41) is 18.9. The highest BCUT2D eigenvalue weighted by molar-refractivity contribution is 5.97. The van der Waals surface area contributed by atoms with E-state index in [0.717, 1.165) is 37.8 Å². The van der Waals surface area contributed by atoms with Crippen molar-refractivity contribution < 1.29 is 24.6 Å². The fourth-order valence-corrected chi connectivity index (χ4v) is 2.37. The largest absolute Gasteiger partial charge is 0.478 e. The second-order valence-electron chi connectivity index (χ2n) is 5.44. The number of carbonyl (C=O) groups is 3. The number of rotatable bonds is 3. The van der Waals surface area contributed by atoms with Crippen molar-refractivity contribution in [3.63, 3.8) is 0 Å². The summed E-state index contributed by atoms with van der Waals surface area (Å²) in [4.78, 5) is 43.4. The Morgan fingerprint density at radius 1 is 1.20 bits per heavy atom. The highest BCUT2D eigenvalue weighted by Crippen LogP contribution is 2.21. The van der Waals surface area contributed by atoms with Crippen molar-refractivity contribution in [3.05, 3.63) is 29.6 Å². The van der Waals surface area contributed by atoms with Crippen molar-refractivity contribution in [1.29, 1.82) is 0 Å². The second kappa shape index (κ2) is 8.20. The number of nitrogens with zero attached hydrogens (tertiary/aromatic N) is 4. The van der Waals surface area contributed by atoms with Gasteiger partial charge < -0.3 is 25.3 Å². The number of aromatic nitrogens is 2. The molecule has 1 fully saturated rings. The molecule has 1 aromatic heterocycles. The van der Waals surface area contributed by atoms with E-state index < -0.39 is 11.9 Å². The first-order chi connectivity index (χ1) is 11.9. The molecule has 0 aliphatic carbocycles. The lowest BCUT2D eigenvalue weighted by molar-refractivity contribution is -0.134. The molecule has 10 heteroatoms. The zero-order valence-electron chi connectivity index (χ0n) is 13.7. The van der Waals surface area contributed by atoms with Crippen LogP contribution in [0, 0.1) is 0 Å². The molecule has 2 aliphatic heterocycles. The van der Waals surface area contributed by atoms with Crippen LogP contribution >= 0.6 is 0 Å². The van der Waals surface area contributed by atoms with E-state index in [1.165, 1.54) is 0 Å². The van der Waals surface area contributed by atoms with Gasteiger partial charge in [0.05, 0.1) is 17.8 Å². The van der Waals surface area contributed by atoms with E-state index >= 15 is 0 Å². The van der Waals surface area contributed by atoms with Gasteiger partial charge in [-0.15, -0.1) is 0 Å². The molecule has 1 amide bonds. The summed E-state index contributed by atoms with van der Waals surface area (Å²) in [6.07, 6.45) is 2.77. The van der Waals surface area contributed by atoms with Gasteiger partial charge in [0.1, 0.15) is 0 Å². The molecule has 2 aliphatic rings. The molecule has 0 unspecified atom stereocenters. The third-order valence-corrected chi connectivity index (χ3v) is 3.59. The van der Waals surface area contributed by atoms with Crippen LogP contribution in [0.5, 0.6) is 0 Å². The molecule has 0 spiro atoms. The summed E-state index contributed by atoms with van der Waals surface area (Å²) >= 11 is 0. The summed E-state index contributed by atoms with van der Waals surface area (Å²) < 4.78 is 0. The minimum absolute atomic E-state index is 0.0202. The van der Waals surface area contributed by atoms with Crippen LogP contribution < -0.4 is 10.2 Å². The van der Waals surface area contributed by atoms with Crippen molar-refractivity contribution in [3.8, 4) is 0 Å². The molecule has 1 saturated heterocycles. The third kappa shape index (κ3) is 4.98. The van der Waals surface area contributed by atoms with Crippen LogP contribution in [0.1, 0.15) is 16.1 Å². The van der Waals surface area contributed by atoms with Gasteiger partial charge >= 0.3 is 11.9 Å². The van der Waals surface area contributed by atoms with Crippen LogP contribution in [0.25, 0.3) is 0 Å². The molecule has 0 saturated carbocycles. The third-order valence-electron chi connectivity index (χ3n) is 3.59. The first kappa shape index (κ1) is 18.3. The number of hydrogen-bond acceptors (Lipinski definition) is 7. The normalized spacial score (nSPS) is 16.4. The Balaban J connectivity index is 0.000000242. The van der Waals surface area contributed by atoms with Gasteiger partial charge in [-0.1, -0.05) is 0 Å². The number of carboxylic acid groups (broad SMARTS) is 2. The first-order valence-electron chi connectivity index (χ1n) is 7.59. The Morgan fingerprint density at radius 2 is 1.80 bits per heavy atom. The zero-order chi connectivity index (χ0) is 18.4. The van der Waals surface area contributed by atoms with Crippen molar-refractivity contribution in [2.24, 2.45) is 0 Å². The van der Waals surface area contributed by atoms with Gasteiger partial charge in [-0.3, -0.25) is 4.79 Å². The smallest absolute Gasteiger partial charge is 0.328 e. The van der Waals surface area contributed by atoms with Crippen molar-refractivity contribution in [2.75, 3.05) is 38.1 Å². The Hall–Kier alpha value is -3.01. The van der Waals surface area contributed by atoms with E-state index in [9.17, 15) is 14.4 Å². The Morgan fingerprint density at radius 3 is 2.36 bits per heavy atom. The van der Waals surface area contributed by atoms with Crippen molar-refractivity contribution >= 4 is 23.8 Å². The summed E-state index contributed by atoms with van der Waals surface area (Å²) in [6.45, 7) is 4.35. The molecule has 1 aromatic rings. The molecule has 10 nitrogen and oxygen atoms in total. The molecular formula is C15H19N5O5. The van der Waals surface area contributed by atoms with Gasteiger partial charge in [0.25, 0.3) is 5.91 Å². The van der Waals surface area contributed by atoms with Gasteiger partial charge in [0, 0.05) is 51.6 Å². The van der Waals surface area contributed by atoms with E-state index in [1.807, 2.05) is 0 Å². The molecule has 0 bridgehead atoms. The minimum atomic E-state index is -1.26. The standard InChI is InChI=1S/C11H15N5O.C4H4O4/c1-15-7-9-8(10(15)17)6-13-11(14-9)16-4-2-12-3-5-16;5-3(6)1-2-4(7)8/h6,12H,2-5,7H2,1H3;1-2H,(H,5,6)(H,7,8)/b;2-1-. The Kier molecular flexibility index (Phi) is 6.01. The van der Waals surface area contributed by atoms with Gasteiger partial charge in [-0.25, -0.2) is 19.6 Å². The van der Waals surface area contributed by atoms with E-state index in [1.54, 1.807) is 18.1 Å². The molecular weight excluding hydrogens is 330 g/mol. The summed E-state index contributed by atoms with van der Waals surface area (Å²) in [5.74, 6) is -1.75. The van der Waals surface area contributed by atoms with Crippen LogP contribution in [0.15, 0.2) is 18.3 Å². The lowest BCUT2D eigenvalue weighted by Gasteiger charge is -2.27. The molecule has 0 aromatic carbocycles. The van der Waals surface area contributed by atoms with E-state index in [2.05, 4.69) is 20.2 Å². The SMILES string of the molecule is CN1Cc2nc(N3CCNCC3)ncc2C1=O.O=C(O)/C=C\C(=O)O. The summed E-state index contributed by atoms with van der Waals surface area (Å²) in [6, 6.07) is 0. The molecule has 0 atom stereocenters. The molecule has 134 valence electrons. The predicted molar refractivity (Wildman–Crippen MR) is 87.3 cm³/mol. The fourth-order valence-electron chi connectivity index (χ4n) is 2.37. The first-order valence-corrected chi connectivity index (χ1v) is 7.59. The summed E-state index contributed by atoms with van der Waals surface area (Å²) in [5.41, 5.74) is 1.49. The van der Waals surface area contributed by atoms with Gasteiger partial charge in [-0.05, 0) is 0 Å². The van der Waals surface area contributed by atoms with Gasteiger partial charge in [0.15, 0.2) is 0 Å². The number of carboxylic acids is 2. The van der Waals surface area contributed by atoms with E-state index in [4.69, 9.17) is 10.2 Å². The maximum Gasteiger partial charge on any atom is 0.328 e. The lowest BCUT2D eigenvalue weighted by atomic mass is 10.3. The second-order valence-corrected chi connectivity index (χ2v) is 5.44. The number of fused-ring (bicyclic) bond motifs is 1. The molecule has 0 radical (unpaired) electrons. The van der Waals surface area contributed by atoms with Crippen LogP contribution in [0.3, 0.4) is 0 Å². The van der Waals surface area contributed by atoms with Gasteiger partial charge in [-0.2, -0.15) is 0 Å². The van der Waals surface area contributed by atoms with Gasteiger partial charge in [0.2, 0.25) is 5.95 Å². The average Bonchev–Trinajstić information content (AvgIpc) is 2.88. The van der Waals surface area contributed by atoms with Crippen molar-refractivity contribution in [1.82, 2.24) is 20.2 Å². The fraction of sp³-hybridized carbons (Fsp3) is 0.400. The number of carbonyl (C=O) groups excluding carboxylic acids is 1. The van der Waals surface area contributed by atoms with Crippen molar-refractivity contribution in [2.45, 2.75) is 6.54 Å². The van der Waals surface area contributed by atoms with E-state index in [-0.39, 0.29) is 5.91 Å². The summed E-state index contributed by atoms with van der Waals surface area (Å²) in [7, 11) is 1.79. The monoisotopic (exact) mass is 349 g/mol. The number of amides is 1. The number of nitrogens with one attached hydrogen (secondary N) is 1. The minimum Gasteiger partial charge on any atom is -0.478 e. The number of anilines is 1. The van der Waals surface area contributed by atoms with Crippen LogP contribution in [-0.2, 0) is 16.1 Å². The van der Waals surface area contributed by atoms with Crippen LogP contribution in [-0.4, -0.2) is 76.2 Å². The average molecular weight is 349 g/mol. The number of hydrogen-bond donors (Lipinski definition) is 3. The maximum atomic E-state index is 11.7. The highest BCUT2D eigenvalue weighted by Gasteiger charge is 2.27. The predicted octanol–water partition coefficient (Wildman–Crippen LogP) is -0.816. The van der Waals surface area contributed by atoms with E-state index in [0.29, 0.717) is 24.3 Å². The van der Waals surface area contributed by atoms with Crippen LogP contribution in [0.4, 0.5) is 5.95 Å². The highest BCUT2D eigenvalue weighted by atomic mass is 16.4. The lowest BCUT2D eigenvalue weighted by Crippen LogP contribution is -2.44. The quantitative estimate of drug-likeness (QED) is 0.598. The molecule has 3 N–H and O–H groups in total. The Labute approximate surface area is 143 Å². The molecule has 3 rings (SSSR count). The molecule has 25 heavy (non-hydrogen) atoms. The topological polar surface area (TPSA) is 136 Å². The van der Waals surface area contributed by atoms with Crippen LogP contribution in [0.2, 0.25) is 0 Å².